The Morgan fingerprint density at radius 1 is 1.50 bits per heavy atom. The van der Waals surface area contributed by atoms with Crippen molar-refractivity contribution in [3.63, 3.8) is 0 Å². The molecule has 0 aliphatic heterocycles. The summed E-state index contributed by atoms with van der Waals surface area (Å²) in [4.78, 5) is 4.31. The molecule has 0 bridgehead atoms. The molecule has 22 heavy (non-hydrogen) atoms. The maximum Gasteiger partial charge on any atom is 0.188 e. The van der Waals surface area contributed by atoms with Gasteiger partial charge in [-0.05, 0) is 37.3 Å². The van der Waals surface area contributed by atoms with E-state index in [0.29, 0.717) is 18.3 Å². The first-order valence-electron chi connectivity index (χ1n) is 7.63. The average Bonchev–Trinajstić information content (AvgIpc) is 2.41. The molecule has 1 saturated carbocycles. The fraction of sp³-hybridized carbons (Fsp3) is 0.562. The average molecular weight is 421 g/mol. The van der Waals surface area contributed by atoms with E-state index in [4.69, 9.17) is 10.5 Å². The summed E-state index contributed by atoms with van der Waals surface area (Å²) >= 11 is 0. The molecule has 0 aromatic heterocycles. The molecule has 6 heteroatoms. The summed E-state index contributed by atoms with van der Waals surface area (Å²) in [7, 11) is 0. The van der Waals surface area contributed by atoms with E-state index in [1.165, 1.54) is 31.4 Å². The molecule has 3 N–H and O–H groups in total. The van der Waals surface area contributed by atoms with Gasteiger partial charge in [0.25, 0.3) is 0 Å². The Balaban J connectivity index is 0.00000242. The summed E-state index contributed by atoms with van der Waals surface area (Å²) in [6.45, 7) is 3.38. The third-order valence-electron chi connectivity index (χ3n) is 3.82. The normalized spacial score (nSPS) is 16.4. The number of ether oxygens (including phenoxy) is 1. The maximum absolute atomic E-state index is 13.1. The minimum atomic E-state index is -0.299. The van der Waals surface area contributed by atoms with Gasteiger partial charge in [-0.25, -0.2) is 9.38 Å². The van der Waals surface area contributed by atoms with Gasteiger partial charge in [0.15, 0.2) is 5.96 Å². The second-order valence-electron chi connectivity index (χ2n) is 5.51. The molecule has 0 saturated heterocycles. The highest BCUT2D eigenvalue weighted by molar-refractivity contribution is 14.0. The van der Waals surface area contributed by atoms with Crippen LogP contribution in [-0.2, 0) is 0 Å². The maximum atomic E-state index is 13.1. The van der Waals surface area contributed by atoms with Crippen LogP contribution >= 0.6 is 24.0 Å². The first-order chi connectivity index (χ1) is 10.2. The lowest BCUT2D eigenvalue weighted by molar-refractivity contribution is 0.205. The van der Waals surface area contributed by atoms with E-state index in [9.17, 15) is 4.39 Å². The summed E-state index contributed by atoms with van der Waals surface area (Å²) in [6.07, 6.45) is 4.57. The van der Waals surface area contributed by atoms with Crippen molar-refractivity contribution in [3.05, 3.63) is 30.1 Å². The number of nitrogens with one attached hydrogen (secondary N) is 1. The third-order valence-corrected chi connectivity index (χ3v) is 3.82. The van der Waals surface area contributed by atoms with Crippen LogP contribution in [0, 0.1) is 11.7 Å². The highest BCUT2D eigenvalue weighted by Gasteiger charge is 2.17. The van der Waals surface area contributed by atoms with E-state index in [0.717, 1.165) is 18.9 Å². The molecule has 2 rings (SSSR count). The molecular formula is C16H25FIN3O. The molecule has 0 radical (unpaired) electrons. The fourth-order valence-corrected chi connectivity index (χ4v) is 2.18. The van der Waals surface area contributed by atoms with Crippen molar-refractivity contribution in [2.24, 2.45) is 16.6 Å². The number of halogens is 2. The summed E-state index contributed by atoms with van der Waals surface area (Å²) in [5, 5.41) is 3.15. The lowest BCUT2D eigenvalue weighted by Gasteiger charge is -2.25. The Bertz CT molecular complexity index is 480. The molecule has 1 unspecified atom stereocenters. The monoisotopic (exact) mass is 421 g/mol. The summed E-state index contributed by atoms with van der Waals surface area (Å²) < 4.78 is 18.8. The van der Waals surface area contributed by atoms with Crippen LogP contribution < -0.4 is 15.8 Å². The molecule has 1 aromatic rings. The second kappa shape index (κ2) is 9.86. The van der Waals surface area contributed by atoms with Gasteiger partial charge in [0.05, 0.1) is 6.54 Å². The molecule has 0 amide bonds. The van der Waals surface area contributed by atoms with Crippen molar-refractivity contribution in [3.8, 4) is 5.75 Å². The number of rotatable bonds is 7. The minimum absolute atomic E-state index is 0. The lowest BCUT2D eigenvalue weighted by atomic mass is 9.85. The number of nitrogens with zero attached hydrogens (tertiary/aromatic N) is 1. The molecular weight excluding hydrogens is 396 g/mol. The van der Waals surface area contributed by atoms with Crippen LogP contribution in [-0.4, -0.2) is 25.2 Å². The largest absolute Gasteiger partial charge is 0.488 e. The molecule has 1 aliphatic carbocycles. The van der Waals surface area contributed by atoms with Crippen molar-refractivity contribution < 1.29 is 9.13 Å². The Morgan fingerprint density at radius 2 is 2.27 bits per heavy atom. The van der Waals surface area contributed by atoms with Crippen molar-refractivity contribution in [2.75, 3.05) is 13.1 Å². The highest BCUT2D eigenvalue weighted by Crippen LogP contribution is 2.25. The SMILES string of the molecule is CCC(CN=C(N)NCC1CCC1)Oc1cccc(F)c1.I. The topological polar surface area (TPSA) is 59.6 Å². The van der Waals surface area contributed by atoms with Gasteiger partial charge >= 0.3 is 0 Å². The van der Waals surface area contributed by atoms with Gasteiger partial charge in [0.2, 0.25) is 0 Å². The standard InChI is InChI=1S/C16H24FN3O.HI/c1-2-14(21-15-8-4-7-13(17)9-15)11-20-16(18)19-10-12-5-3-6-12;/h4,7-9,12,14H,2-3,5-6,10-11H2,1H3,(H3,18,19,20);1H. The number of hydrogen-bond donors (Lipinski definition) is 2. The summed E-state index contributed by atoms with van der Waals surface area (Å²) in [6, 6.07) is 6.15. The van der Waals surface area contributed by atoms with Crippen molar-refractivity contribution in [1.82, 2.24) is 5.32 Å². The van der Waals surface area contributed by atoms with Crippen LogP contribution in [0.4, 0.5) is 4.39 Å². The van der Waals surface area contributed by atoms with Crippen molar-refractivity contribution >= 4 is 29.9 Å². The zero-order valence-corrected chi connectivity index (χ0v) is 15.3. The highest BCUT2D eigenvalue weighted by atomic mass is 127. The van der Waals surface area contributed by atoms with Crippen LogP contribution in [0.5, 0.6) is 5.75 Å². The Morgan fingerprint density at radius 3 is 2.86 bits per heavy atom. The predicted octanol–water partition coefficient (Wildman–Crippen LogP) is 3.31. The van der Waals surface area contributed by atoms with Crippen LogP contribution in [0.3, 0.4) is 0 Å². The van der Waals surface area contributed by atoms with Gasteiger partial charge in [0.1, 0.15) is 17.7 Å². The number of aliphatic imine (C=N–C) groups is 1. The lowest BCUT2D eigenvalue weighted by Crippen LogP contribution is -2.38. The zero-order chi connectivity index (χ0) is 15.1. The molecule has 4 nitrogen and oxygen atoms in total. The molecule has 1 aromatic carbocycles. The van der Waals surface area contributed by atoms with Crippen LogP contribution in [0.2, 0.25) is 0 Å². The van der Waals surface area contributed by atoms with Crippen LogP contribution in [0.1, 0.15) is 32.6 Å². The Hall–Kier alpha value is -1.05. The molecule has 0 spiro atoms. The number of benzene rings is 1. The van der Waals surface area contributed by atoms with Gasteiger partial charge in [-0.1, -0.05) is 19.4 Å². The predicted molar refractivity (Wildman–Crippen MR) is 98.4 cm³/mol. The van der Waals surface area contributed by atoms with E-state index in [1.54, 1.807) is 12.1 Å². The summed E-state index contributed by atoms with van der Waals surface area (Å²) in [5.74, 6) is 1.43. The second-order valence-corrected chi connectivity index (χ2v) is 5.51. The Kier molecular flexibility index (Phi) is 8.52. The first kappa shape index (κ1) is 19.0. The van der Waals surface area contributed by atoms with Crippen molar-refractivity contribution in [1.29, 1.82) is 0 Å². The van der Waals surface area contributed by atoms with Crippen LogP contribution in [0.15, 0.2) is 29.3 Å². The van der Waals surface area contributed by atoms with E-state index >= 15 is 0 Å². The zero-order valence-electron chi connectivity index (χ0n) is 12.9. The number of guanidine groups is 1. The molecule has 1 aliphatic rings. The third kappa shape index (κ3) is 6.37. The molecule has 1 atom stereocenters. The Labute approximate surface area is 148 Å². The number of nitrogens with two attached hydrogens (primary N) is 1. The van der Waals surface area contributed by atoms with Gasteiger partial charge in [-0.15, -0.1) is 24.0 Å². The number of hydrogen-bond acceptors (Lipinski definition) is 2. The van der Waals surface area contributed by atoms with E-state index < -0.39 is 0 Å². The smallest absolute Gasteiger partial charge is 0.188 e. The first-order valence-corrected chi connectivity index (χ1v) is 7.63. The van der Waals surface area contributed by atoms with Gasteiger partial charge in [-0.3, -0.25) is 0 Å². The van der Waals surface area contributed by atoms with Crippen molar-refractivity contribution in [2.45, 2.75) is 38.7 Å². The summed E-state index contributed by atoms with van der Waals surface area (Å²) in [5.41, 5.74) is 5.84. The van der Waals surface area contributed by atoms with E-state index in [1.807, 2.05) is 6.92 Å². The minimum Gasteiger partial charge on any atom is -0.488 e. The fourth-order valence-electron chi connectivity index (χ4n) is 2.18. The van der Waals surface area contributed by atoms with E-state index in [-0.39, 0.29) is 35.9 Å². The van der Waals surface area contributed by atoms with Gasteiger partial charge in [-0.2, -0.15) is 0 Å². The van der Waals surface area contributed by atoms with E-state index in [2.05, 4.69) is 10.3 Å². The molecule has 0 heterocycles. The van der Waals surface area contributed by atoms with Gasteiger partial charge < -0.3 is 15.8 Å². The molecule has 124 valence electrons. The molecule has 1 fully saturated rings. The van der Waals surface area contributed by atoms with Gasteiger partial charge in [0, 0.05) is 12.6 Å². The quantitative estimate of drug-likeness (QED) is 0.404. The van der Waals surface area contributed by atoms with Crippen LogP contribution in [0.25, 0.3) is 0 Å².